The lowest BCUT2D eigenvalue weighted by atomic mass is 9.97. The first-order chi connectivity index (χ1) is 9.20. The summed E-state index contributed by atoms with van der Waals surface area (Å²) in [6, 6.07) is 0. The van der Waals surface area contributed by atoms with E-state index in [9.17, 15) is 4.79 Å². The topological polar surface area (TPSA) is 78.1 Å². The molecule has 6 heteroatoms. The van der Waals surface area contributed by atoms with Crippen LogP contribution in [-0.4, -0.2) is 22.5 Å². The summed E-state index contributed by atoms with van der Waals surface area (Å²) in [5, 5.41) is 0.939. The molecular formula is C13H15N3O2S. The van der Waals surface area contributed by atoms with Crippen LogP contribution in [0.15, 0.2) is 6.33 Å². The van der Waals surface area contributed by atoms with Crippen LogP contribution in [-0.2, 0) is 16.0 Å². The van der Waals surface area contributed by atoms with Gasteiger partial charge in [-0.25, -0.2) is 9.97 Å². The van der Waals surface area contributed by atoms with Crippen LogP contribution in [0.4, 0.5) is 5.82 Å². The maximum atomic E-state index is 11.7. The molecule has 0 radical (unpaired) electrons. The molecule has 19 heavy (non-hydrogen) atoms. The van der Waals surface area contributed by atoms with Crippen LogP contribution in [0.5, 0.6) is 0 Å². The van der Waals surface area contributed by atoms with Gasteiger partial charge in [0.25, 0.3) is 0 Å². The Bertz CT molecular complexity index is 638. The first kappa shape index (κ1) is 12.3. The molecule has 2 aromatic rings. The fourth-order valence-electron chi connectivity index (χ4n) is 2.72. The number of nitrogens with two attached hydrogens (primary N) is 1. The average molecular weight is 277 g/mol. The molecule has 1 atom stereocenters. The molecule has 2 heterocycles. The van der Waals surface area contributed by atoms with Crippen LogP contribution < -0.4 is 5.73 Å². The normalized spacial score (nSPS) is 17.6. The smallest absolute Gasteiger partial charge is 0.306 e. The predicted octanol–water partition coefficient (Wildman–Crippen LogP) is 2.26. The first-order valence-corrected chi connectivity index (χ1v) is 7.19. The van der Waals surface area contributed by atoms with Crippen LogP contribution in [0.3, 0.4) is 0 Å². The molecule has 0 fully saturated rings. The Balaban J connectivity index is 1.99. The Kier molecular flexibility index (Phi) is 3.10. The lowest BCUT2D eigenvalue weighted by Gasteiger charge is -2.10. The zero-order chi connectivity index (χ0) is 13.4. The highest BCUT2D eigenvalue weighted by Crippen LogP contribution is 2.46. The van der Waals surface area contributed by atoms with Gasteiger partial charge in [0.05, 0.1) is 18.4 Å². The van der Waals surface area contributed by atoms with E-state index in [1.807, 2.05) is 6.92 Å². The van der Waals surface area contributed by atoms with Gasteiger partial charge in [0.2, 0.25) is 0 Å². The third kappa shape index (κ3) is 2.06. The SMILES string of the molecule is CCOC(=O)CC1CCc2sc3ncnc(N)c3c21. The predicted molar refractivity (Wildman–Crippen MR) is 74.1 cm³/mol. The number of hydrogen-bond donors (Lipinski definition) is 1. The molecule has 100 valence electrons. The zero-order valence-corrected chi connectivity index (χ0v) is 11.5. The highest BCUT2D eigenvalue weighted by molar-refractivity contribution is 7.19. The number of rotatable bonds is 3. The van der Waals surface area contributed by atoms with Crippen LogP contribution in [0.2, 0.25) is 0 Å². The van der Waals surface area contributed by atoms with Gasteiger partial charge in [0.1, 0.15) is 17.0 Å². The van der Waals surface area contributed by atoms with Crippen molar-refractivity contribution in [1.29, 1.82) is 0 Å². The summed E-state index contributed by atoms with van der Waals surface area (Å²) in [6.07, 6.45) is 3.87. The third-order valence-electron chi connectivity index (χ3n) is 3.48. The minimum Gasteiger partial charge on any atom is -0.466 e. The molecule has 0 aliphatic heterocycles. The molecule has 0 amide bonds. The fourth-order valence-corrected chi connectivity index (χ4v) is 3.96. The van der Waals surface area contributed by atoms with Crippen molar-refractivity contribution in [1.82, 2.24) is 9.97 Å². The summed E-state index contributed by atoms with van der Waals surface area (Å²) in [5.74, 6) is 0.560. The Hall–Kier alpha value is -1.69. The van der Waals surface area contributed by atoms with Crippen molar-refractivity contribution < 1.29 is 9.53 Å². The van der Waals surface area contributed by atoms with E-state index in [0.29, 0.717) is 18.8 Å². The van der Waals surface area contributed by atoms with Crippen molar-refractivity contribution in [2.75, 3.05) is 12.3 Å². The number of aromatic nitrogens is 2. The molecule has 0 bridgehead atoms. The van der Waals surface area contributed by atoms with Crippen molar-refractivity contribution in [2.24, 2.45) is 0 Å². The summed E-state index contributed by atoms with van der Waals surface area (Å²) < 4.78 is 5.04. The molecule has 1 aliphatic rings. The Morgan fingerprint density at radius 2 is 2.42 bits per heavy atom. The van der Waals surface area contributed by atoms with E-state index >= 15 is 0 Å². The lowest BCUT2D eigenvalue weighted by Crippen LogP contribution is -2.09. The minimum atomic E-state index is -0.143. The molecule has 2 N–H and O–H groups in total. The minimum absolute atomic E-state index is 0.143. The van der Waals surface area contributed by atoms with Crippen LogP contribution in [0, 0.1) is 0 Å². The second-order valence-corrected chi connectivity index (χ2v) is 5.71. The summed E-state index contributed by atoms with van der Waals surface area (Å²) in [4.78, 5) is 22.2. The van der Waals surface area contributed by atoms with Crippen molar-refractivity contribution in [3.63, 3.8) is 0 Å². The van der Waals surface area contributed by atoms with Crippen molar-refractivity contribution in [3.05, 3.63) is 16.8 Å². The van der Waals surface area contributed by atoms with E-state index in [1.165, 1.54) is 16.8 Å². The van der Waals surface area contributed by atoms with E-state index in [0.717, 1.165) is 23.1 Å². The first-order valence-electron chi connectivity index (χ1n) is 6.38. The van der Waals surface area contributed by atoms with E-state index in [4.69, 9.17) is 10.5 Å². The lowest BCUT2D eigenvalue weighted by molar-refractivity contribution is -0.143. The fraction of sp³-hybridized carbons (Fsp3) is 0.462. The van der Waals surface area contributed by atoms with Crippen LogP contribution >= 0.6 is 11.3 Å². The number of nitrogens with zero attached hydrogens (tertiary/aromatic N) is 2. The highest BCUT2D eigenvalue weighted by Gasteiger charge is 2.30. The summed E-state index contributed by atoms with van der Waals surface area (Å²) >= 11 is 1.66. The number of fused-ring (bicyclic) bond motifs is 3. The number of ether oxygens (including phenoxy) is 1. The number of carbonyl (C=O) groups is 1. The van der Waals surface area contributed by atoms with Gasteiger partial charge in [-0.1, -0.05) is 0 Å². The second kappa shape index (κ2) is 4.77. The van der Waals surface area contributed by atoms with Crippen LogP contribution in [0.25, 0.3) is 10.2 Å². The van der Waals surface area contributed by atoms with Crippen LogP contribution in [0.1, 0.15) is 36.1 Å². The van der Waals surface area contributed by atoms with Crippen molar-refractivity contribution in [2.45, 2.75) is 32.1 Å². The molecular weight excluding hydrogens is 262 g/mol. The van der Waals surface area contributed by atoms with Gasteiger partial charge in [-0.3, -0.25) is 4.79 Å². The van der Waals surface area contributed by atoms with E-state index in [-0.39, 0.29) is 11.9 Å². The molecule has 0 spiro atoms. The summed E-state index contributed by atoms with van der Waals surface area (Å²) in [7, 11) is 0. The van der Waals surface area contributed by atoms with Gasteiger partial charge >= 0.3 is 5.97 Å². The molecule has 5 nitrogen and oxygen atoms in total. The standard InChI is InChI=1S/C13H15N3O2S/c1-2-18-9(17)5-7-3-4-8-10(7)11-12(14)15-6-16-13(11)19-8/h6-7H,2-5H2,1H3,(H2,14,15,16). The highest BCUT2D eigenvalue weighted by atomic mass is 32.1. The largest absolute Gasteiger partial charge is 0.466 e. The Labute approximate surface area is 114 Å². The average Bonchev–Trinajstić information content (AvgIpc) is 2.90. The third-order valence-corrected chi connectivity index (χ3v) is 4.65. The quantitative estimate of drug-likeness (QED) is 0.871. The van der Waals surface area contributed by atoms with Gasteiger partial charge in [-0.15, -0.1) is 11.3 Å². The van der Waals surface area contributed by atoms with Gasteiger partial charge in [-0.05, 0) is 31.2 Å². The van der Waals surface area contributed by atoms with Gasteiger partial charge in [-0.2, -0.15) is 0 Å². The van der Waals surface area contributed by atoms with Gasteiger partial charge in [0.15, 0.2) is 0 Å². The molecule has 1 unspecified atom stereocenters. The molecule has 0 saturated heterocycles. The number of hydrogen-bond acceptors (Lipinski definition) is 6. The van der Waals surface area contributed by atoms with Crippen molar-refractivity contribution >= 4 is 33.3 Å². The number of aryl methyl sites for hydroxylation is 1. The van der Waals surface area contributed by atoms with E-state index in [1.54, 1.807) is 11.3 Å². The van der Waals surface area contributed by atoms with Gasteiger partial charge < -0.3 is 10.5 Å². The second-order valence-electron chi connectivity index (χ2n) is 4.62. The number of thiophene rings is 1. The van der Waals surface area contributed by atoms with E-state index in [2.05, 4.69) is 9.97 Å². The number of esters is 1. The van der Waals surface area contributed by atoms with Gasteiger partial charge in [0, 0.05) is 4.88 Å². The summed E-state index contributed by atoms with van der Waals surface area (Å²) in [5.41, 5.74) is 7.14. The molecule has 3 rings (SSSR count). The molecule has 0 aromatic carbocycles. The number of anilines is 1. The molecule has 0 saturated carbocycles. The number of nitrogen functional groups attached to an aromatic ring is 1. The maximum absolute atomic E-state index is 11.7. The molecule has 2 aromatic heterocycles. The maximum Gasteiger partial charge on any atom is 0.306 e. The number of carbonyl (C=O) groups excluding carboxylic acids is 1. The molecule has 1 aliphatic carbocycles. The summed E-state index contributed by atoms with van der Waals surface area (Å²) in [6.45, 7) is 2.25. The van der Waals surface area contributed by atoms with Crippen molar-refractivity contribution in [3.8, 4) is 0 Å². The Morgan fingerprint density at radius 3 is 3.21 bits per heavy atom. The zero-order valence-electron chi connectivity index (χ0n) is 10.7. The monoisotopic (exact) mass is 277 g/mol. The van der Waals surface area contributed by atoms with E-state index < -0.39 is 0 Å². The Morgan fingerprint density at radius 1 is 1.58 bits per heavy atom.